The second kappa shape index (κ2) is 7.44. The van der Waals surface area contributed by atoms with Gasteiger partial charge in [-0.2, -0.15) is 0 Å². The average Bonchev–Trinajstić information content (AvgIpc) is 2.53. The Bertz CT molecular complexity index is 585. The third-order valence-corrected chi connectivity index (χ3v) is 3.37. The lowest BCUT2D eigenvalue weighted by molar-refractivity contribution is 0.0381. The van der Waals surface area contributed by atoms with Crippen molar-refractivity contribution in [3.63, 3.8) is 0 Å². The molecular formula is C19H20O2. The fraction of sp³-hybridized carbons (Fsp3) is 0.211. The maximum Gasteiger partial charge on any atom is 0.338 e. The average molecular weight is 280 g/mol. The van der Waals surface area contributed by atoms with Crippen LogP contribution < -0.4 is 0 Å². The van der Waals surface area contributed by atoms with Crippen LogP contribution in [0.15, 0.2) is 67.3 Å². The van der Waals surface area contributed by atoms with Gasteiger partial charge in [-0.1, -0.05) is 60.7 Å². The van der Waals surface area contributed by atoms with E-state index in [9.17, 15) is 4.79 Å². The molecule has 0 unspecified atom stereocenters. The van der Waals surface area contributed by atoms with Crippen LogP contribution in [-0.2, 0) is 11.2 Å². The number of benzene rings is 2. The Morgan fingerprint density at radius 3 is 2.43 bits per heavy atom. The van der Waals surface area contributed by atoms with Crippen molar-refractivity contribution in [2.24, 2.45) is 0 Å². The first kappa shape index (κ1) is 15.0. The standard InChI is InChI=1S/C19H20O2/c1-3-18(14-11-16-7-5-4-6-8-16)21-19(20)17-12-9-15(2)10-13-17/h3-10,12-13,18H,1,11,14H2,2H3/t18-/m0/s1. The lowest BCUT2D eigenvalue weighted by atomic mass is 10.1. The van der Waals surface area contributed by atoms with Crippen molar-refractivity contribution < 1.29 is 9.53 Å². The third kappa shape index (κ3) is 4.60. The van der Waals surface area contributed by atoms with E-state index in [-0.39, 0.29) is 12.1 Å². The molecule has 2 aromatic carbocycles. The number of aryl methyl sites for hydroxylation is 2. The van der Waals surface area contributed by atoms with Crippen LogP contribution in [0.25, 0.3) is 0 Å². The highest BCUT2D eigenvalue weighted by atomic mass is 16.5. The maximum absolute atomic E-state index is 12.1. The number of rotatable bonds is 6. The molecule has 0 heterocycles. The molecule has 2 nitrogen and oxygen atoms in total. The SMILES string of the molecule is C=C[C@@H](CCc1ccccc1)OC(=O)c1ccc(C)cc1. The molecule has 0 spiro atoms. The van der Waals surface area contributed by atoms with Crippen LogP contribution >= 0.6 is 0 Å². The molecule has 0 saturated heterocycles. The van der Waals surface area contributed by atoms with Crippen molar-refractivity contribution in [3.8, 4) is 0 Å². The van der Waals surface area contributed by atoms with Gasteiger partial charge in [0.05, 0.1) is 5.56 Å². The summed E-state index contributed by atoms with van der Waals surface area (Å²) in [7, 11) is 0. The van der Waals surface area contributed by atoms with Crippen molar-refractivity contribution in [2.45, 2.75) is 25.9 Å². The Hall–Kier alpha value is -2.35. The fourth-order valence-corrected chi connectivity index (χ4v) is 2.07. The van der Waals surface area contributed by atoms with Crippen LogP contribution in [-0.4, -0.2) is 12.1 Å². The first-order chi connectivity index (χ1) is 10.2. The Labute approximate surface area is 126 Å². The van der Waals surface area contributed by atoms with Crippen molar-refractivity contribution in [2.75, 3.05) is 0 Å². The van der Waals surface area contributed by atoms with Crippen LogP contribution in [0.1, 0.15) is 27.9 Å². The first-order valence-corrected chi connectivity index (χ1v) is 7.13. The minimum Gasteiger partial charge on any atom is -0.455 e. The summed E-state index contributed by atoms with van der Waals surface area (Å²) in [5.41, 5.74) is 2.93. The van der Waals surface area contributed by atoms with Gasteiger partial charge < -0.3 is 4.74 Å². The van der Waals surface area contributed by atoms with E-state index in [0.717, 1.165) is 18.4 Å². The molecule has 0 radical (unpaired) electrons. The molecule has 0 aliphatic heterocycles. The van der Waals surface area contributed by atoms with Gasteiger partial charge in [0.15, 0.2) is 0 Å². The monoisotopic (exact) mass is 280 g/mol. The van der Waals surface area contributed by atoms with Crippen molar-refractivity contribution in [3.05, 3.63) is 83.9 Å². The molecule has 21 heavy (non-hydrogen) atoms. The summed E-state index contributed by atoms with van der Waals surface area (Å²) in [6.07, 6.45) is 3.03. The van der Waals surface area contributed by atoms with Gasteiger partial charge in [0, 0.05) is 0 Å². The second-order valence-electron chi connectivity index (χ2n) is 5.07. The molecule has 0 aliphatic rings. The van der Waals surface area contributed by atoms with Crippen LogP contribution in [0.5, 0.6) is 0 Å². The summed E-state index contributed by atoms with van der Waals surface area (Å²) < 4.78 is 5.49. The van der Waals surface area contributed by atoms with E-state index in [1.165, 1.54) is 5.56 Å². The summed E-state index contributed by atoms with van der Waals surface area (Å²) >= 11 is 0. The van der Waals surface area contributed by atoms with E-state index in [2.05, 4.69) is 18.7 Å². The molecule has 2 rings (SSSR count). The minimum absolute atomic E-state index is 0.265. The highest BCUT2D eigenvalue weighted by Gasteiger charge is 2.13. The number of carbonyl (C=O) groups excluding carboxylic acids is 1. The Morgan fingerprint density at radius 1 is 1.14 bits per heavy atom. The van der Waals surface area contributed by atoms with Gasteiger partial charge in [-0.15, -0.1) is 0 Å². The van der Waals surface area contributed by atoms with Crippen LogP contribution in [0.3, 0.4) is 0 Å². The van der Waals surface area contributed by atoms with Gasteiger partial charge in [-0.25, -0.2) is 4.79 Å². The Morgan fingerprint density at radius 2 is 1.81 bits per heavy atom. The highest BCUT2D eigenvalue weighted by Crippen LogP contribution is 2.12. The molecule has 0 N–H and O–H groups in total. The van der Waals surface area contributed by atoms with Gasteiger partial charge >= 0.3 is 5.97 Å². The predicted molar refractivity (Wildman–Crippen MR) is 85.3 cm³/mol. The summed E-state index contributed by atoms with van der Waals surface area (Å²) in [4.78, 5) is 12.1. The lowest BCUT2D eigenvalue weighted by Crippen LogP contribution is -2.16. The quantitative estimate of drug-likeness (QED) is 0.581. The van der Waals surface area contributed by atoms with Crippen molar-refractivity contribution >= 4 is 5.97 Å². The summed E-state index contributed by atoms with van der Waals surface area (Å²) in [6.45, 7) is 5.74. The van der Waals surface area contributed by atoms with Gasteiger partial charge in [-0.3, -0.25) is 0 Å². The predicted octanol–water partition coefficient (Wildman–Crippen LogP) is 4.34. The first-order valence-electron chi connectivity index (χ1n) is 7.13. The molecule has 2 aromatic rings. The van der Waals surface area contributed by atoms with Crippen LogP contribution in [0.2, 0.25) is 0 Å². The molecule has 0 fully saturated rings. The van der Waals surface area contributed by atoms with E-state index in [1.54, 1.807) is 18.2 Å². The largest absolute Gasteiger partial charge is 0.455 e. The smallest absolute Gasteiger partial charge is 0.338 e. The van der Waals surface area contributed by atoms with Gasteiger partial charge in [0.2, 0.25) is 0 Å². The molecule has 0 bridgehead atoms. The van der Waals surface area contributed by atoms with Gasteiger partial charge in [-0.05, 0) is 37.5 Å². The summed E-state index contributed by atoms with van der Waals surface area (Å²) in [5.74, 6) is -0.298. The molecular weight excluding hydrogens is 260 g/mol. The van der Waals surface area contributed by atoms with E-state index >= 15 is 0 Å². The van der Waals surface area contributed by atoms with Crippen molar-refractivity contribution in [1.29, 1.82) is 0 Å². The second-order valence-corrected chi connectivity index (χ2v) is 5.07. The normalized spacial score (nSPS) is 11.7. The third-order valence-electron chi connectivity index (χ3n) is 3.37. The zero-order valence-corrected chi connectivity index (χ0v) is 12.3. The number of hydrogen-bond donors (Lipinski definition) is 0. The van der Waals surface area contributed by atoms with Gasteiger partial charge in [0.1, 0.15) is 6.10 Å². The van der Waals surface area contributed by atoms with Gasteiger partial charge in [0.25, 0.3) is 0 Å². The van der Waals surface area contributed by atoms with Crippen molar-refractivity contribution in [1.82, 2.24) is 0 Å². The number of ether oxygens (including phenoxy) is 1. The van der Waals surface area contributed by atoms with Crippen LogP contribution in [0.4, 0.5) is 0 Å². The molecule has 108 valence electrons. The zero-order chi connectivity index (χ0) is 15.1. The molecule has 0 amide bonds. The lowest BCUT2D eigenvalue weighted by Gasteiger charge is -2.14. The molecule has 0 aliphatic carbocycles. The van der Waals surface area contributed by atoms with E-state index in [0.29, 0.717) is 5.56 Å². The number of esters is 1. The number of carbonyl (C=O) groups is 1. The zero-order valence-electron chi connectivity index (χ0n) is 12.3. The van der Waals surface area contributed by atoms with Crippen LogP contribution in [0, 0.1) is 6.92 Å². The van der Waals surface area contributed by atoms with E-state index in [4.69, 9.17) is 4.74 Å². The maximum atomic E-state index is 12.1. The Kier molecular flexibility index (Phi) is 5.33. The topological polar surface area (TPSA) is 26.3 Å². The summed E-state index contributed by atoms with van der Waals surface area (Å²) in [5, 5.41) is 0. The van der Waals surface area contributed by atoms with E-state index in [1.807, 2.05) is 37.3 Å². The number of hydrogen-bond acceptors (Lipinski definition) is 2. The fourth-order valence-electron chi connectivity index (χ4n) is 2.07. The Balaban J connectivity index is 1.91. The molecule has 2 heteroatoms. The minimum atomic E-state index is -0.298. The van der Waals surface area contributed by atoms with E-state index < -0.39 is 0 Å². The summed E-state index contributed by atoms with van der Waals surface area (Å²) in [6, 6.07) is 17.5. The molecule has 1 atom stereocenters. The highest BCUT2D eigenvalue weighted by molar-refractivity contribution is 5.89. The molecule has 0 aromatic heterocycles. The molecule has 0 saturated carbocycles.